The van der Waals surface area contributed by atoms with Gasteiger partial charge in [-0.1, -0.05) is 49.4 Å². The van der Waals surface area contributed by atoms with E-state index in [4.69, 9.17) is 5.73 Å². The maximum atomic E-state index is 12.9. The zero-order valence-electron chi connectivity index (χ0n) is 17.1. The molecule has 1 aliphatic rings. The summed E-state index contributed by atoms with van der Waals surface area (Å²) in [6, 6.07) is 19.1. The fourth-order valence-corrected chi connectivity index (χ4v) is 3.49. The number of hydrogen-bond donors (Lipinski definition) is 1. The van der Waals surface area contributed by atoms with Gasteiger partial charge in [0.2, 0.25) is 0 Å². The largest absolute Gasteiger partial charge is 0.337 e. The number of nitrogens with two attached hydrogens (primary N) is 1. The van der Waals surface area contributed by atoms with Crippen molar-refractivity contribution in [2.75, 3.05) is 26.2 Å². The highest BCUT2D eigenvalue weighted by Gasteiger charge is 2.27. The molecule has 6 heteroatoms. The first-order chi connectivity index (χ1) is 13.2. The van der Waals surface area contributed by atoms with Crippen LogP contribution in [0.5, 0.6) is 0 Å². The number of carbonyl (C=O) groups excluding carboxylic acids is 1. The number of benzene rings is 2. The van der Waals surface area contributed by atoms with Gasteiger partial charge in [-0.25, -0.2) is 0 Å². The summed E-state index contributed by atoms with van der Waals surface area (Å²) in [6.07, 6.45) is 3.48. The van der Waals surface area contributed by atoms with Crippen LogP contribution < -0.4 is 5.73 Å². The Labute approximate surface area is 187 Å². The molecule has 0 saturated heterocycles. The van der Waals surface area contributed by atoms with Crippen molar-refractivity contribution in [3.05, 3.63) is 71.3 Å². The molecule has 2 aromatic rings. The Balaban J connectivity index is 0.00000210. The van der Waals surface area contributed by atoms with Crippen molar-refractivity contribution in [2.24, 2.45) is 5.73 Å². The number of halogens is 2. The molecule has 160 valence electrons. The van der Waals surface area contributed by atoms with Crippen molar-refractivity contribution < 1.29 is 4.79 Å². The molecule has 0 bridgehead atoms. The minimum atomic E-state index is 0. The first kappa shape index (κ1) is 25.4. The third kappa shape index (κ3) is 7.63. The predicted octanol–water partition coefficient (Wildman–Crippen LogP) is 4.16. The van der Waals surface area contributed by atoms with Gasteiger partial charge in [-0.2, -0.15) is 0 Å². The van der Waals surface area contributed by atoms with Gasteiger partial charge in [0.1, 0.15) is 0 Å². The summed E-state index contributed by atoms with van der Waals surface area (Å²) >= 11 is 0. The molecule has 3 rings (SSSR count). The van der Waals surface area contributed by atoms with Crippen molar-refractivity contribution in [1.29, 1.82) is 0 Å². The maximum absolute atomic E-state index is 12.9. The number of rotatable bonds is 10. The molecule has 0 unspecified atom stereocenters. The average Bonchev–Trinajstić information content (AvgIpc) is 3.55. The summed E-state index contributed by atoms with van der Waals surface area (Å²) < 4.78 is 0. The molecule has 1 aliphatic carbocycles. The second kappa shape index (κ2) is 12.9. The van der Waals surface area contributed by atoms with E-state index in [0.29, 0.717) is 19.6 Å². The molecular formula is C23H33Cl2N3O. The standard InChI is InChI=1S/C23H31N3O.2ClH/c1-2-25(22-12-13-22)18-20-8-10-21(11-9-20)23(27)26(17-15-24)16-14-19-6-4-3-5-7-19;;/h3-11,22H,2,12-18,24H2,1H3;2*1H. The van der Waals surface area contributed by atoms with E-state index in [1.165, 1.54) is 24.0 Å². The SMILES string of the molecule is CCN(Cc1ccc(C(=O)N(CCN)CCc2ccccc2)cc1)C1CC1.Cl.Cl. The van der Waals surface area contributed by atoms with Gasteiger partial charge in [-0.15, -0.1) is 24.8 Å². The highest BCUT2D eigenvalue weighted by molar-refractivity contribution is 5.94. The van der Waals surface area contributed by atoms with Crippen molar-refractivity contribution >= 4 is 30.7 Å². The summed E-state index contributed by atoms with van der Waals surface area (Å²) in [5, 5.41) is 0. The van der Waals surface area contributed by atoms with Crippen LogP contribution in [0.15, 0.2) is 54.6 Å². The highest BCUT2D eigenvalue weighted by Crippen LogP contribution is 2.28. The second-order valence-corrected chi connectivity index (χ2v) is 7.31. The van der Waals surface area contributed by atoms with Gasteiger partial charge in [0, 0.05) is 37.8 Å². The summed E-state index contributed by atoms with van der Waals surface area (Å²) in [7, 11) is 0. The first-order valence-corrected chi connectivity index (χ1v) is 10.1. The number of amides is 1. The van der Waals surface area contributed by atoms with E-state index in [0.717, 1.165) is 31.1 Å². The summed E-state index contributed by atoms with van der Waals surface area (Å²) in [4.78, 5) is 17.3. The molecule has 1 saturated carbocycles. The number of carbonyl (C=O) groups is 1. The monoisotopic (exact) mass is 437 g/mol. The van der Waals surface area contributed by atoms with E-state index in [2.05, 4.69) is 36.1 Å². The molecule has 0 heterocycles. The fourth-order valence-electron chi connectivity index (χ4n) is 3.49. The molecule has 0 atom stereocenters. The number of hydrogen-bond acceptors (Lipinski definition) is 3. The normalized spacial score (nSPS) is 12.8. The van der Waals surface area contributed by atoms with Crippen LogP contribution in [0, 0.1) is 0 Å². The molecule has 0 aromatic heterocycles. The van der Waals surface area contributed by atoms with E-state index >= 15 is 0 Å². The molecule has 1 fully saturated rings. The van der Waals surface area contributed by atoms with Crippen LogP contribution in [0.1, 0.15) is 41.3 Å². The molecule has 0 aliphatic heterocycles. The van der Waals surface area contributed by atoms with Gasteiger partial charge >= 0.3 is 0 Å². The number of nitrogens with zero attached hydrogens (tertiary/aromatic N) is 2. The van der Waals surface area contributed by atoms with Gasteiger partial charge in [0.25, 0.3) is 5.91 Å². The lowest BCUT2D eigenvalue weighted by Crippen LogP contribution is -2.37. The van der Waals surface area contributed by atoms with Crippen LogP contribution >= 0.6 is 24.8 Å². The second-order valence-electron chi connectivity index (χ2n) is 7.31. The lowest BCUT2D eigenvalue weighted by atomic mass is 10.1. The molecular weight excluding hydrogens is 405 g/mol. The molecule has 2 N–H and O–H groups in total. The van der Waals surface area contributed by atoms with Gasteiger partial charge in [-0.3, -0.25) is 9.69 Å². The zero-order valence-corrected chi connectivity index (χ0v) is 18.8. The van der Waals surface area contributed by atoms with Gasteiger partial charge < -0.3 is 10.6 Å². The van der Waals surface area contributed by atoms with E-state index in [9.17, 15) is 4.79 Å². The summed E-state index contributed by atoms with van der Waals surface area (Å²) in [6.45, 7) is 6.01. The lowest BCUT2D eigenvalue weighted by molar-refractivity contribution is 0.0762. The molecule has 0 radical (unpaired) electrons. The van der Waals surface area contributed by atoms with Gasteiger partial charge in [0.15, 0.2) is 0 Å². The zero-order chi connectivity index (χ0) is 19.1. The van der Waals surface area contributed by atoms with Crippen LogP contribution in [0.2, 0.25) is 0 Å². The molecule has 4 nitrogen and oxygen atoms in total. The Morgan fingerprint density at radius 2 is 1.62 bits per heavy atom. The Hall–Kier alpha value is -1.59. The smallest absolute Gasteiger partial charge is 0.253 e. The summed E-state index contributed by atoms with van der Waals surface area (Å²) in [5.41, 5.74) is 9.00. The third-order valence-electron chi connectivity index (χ3n) is 5.26. The van der Waals surface area contributed by atoms with E-state index < -0.39 is 0 Å². The van der Waals surface area contributed by atoms with Crippen LogP contribution in [0.4, 0.5) is 0 Å². The topological polar surface area (TPSA) is 49.6 Å². The maximum Gasteiger partial charge on any atom is 0.253 e. The van der Waals surface area contributed by atoms with E-state index in [1.807, 2.05) is 35.2 Å². The highest BCUT2D eigenvalue weighted by atomic mass is 35.5. The predicted molar refractivity (Wildman–Crippen MR) is 125 cm³/mol. The first-order valence-electron chi connectivity index (χ1n) is 10.1. The minimum absolute atomic E-state index is 0. The van der Waals surface area contributed by atoms with Crippen LogP contribution in [0.3, 0.4) is 0 Å². The Morgan fingerprint density at radius 3 is 2.17 bits per heavy atom. The van der Waals surface area contributed by atoms with Crippen LogP contribution in [0.25, 0.3) is 0 Å². The lowest BCUT2D eigenvalue weighted by Gasteiger charge is -2.23. The fraction of sp³-hybridized carbons (Fsp3) is 0.435. The summed E-state index contributed by atoms with van der Waals surface area (Å²) in [5.74, 6) is 0.0671. The van der Waals surface area contributed by atoms with E-state index in [-0.39, 0.29) is 30.7 Å². The molecule has 1 amide bonds. The van der Waals surface area contributed by atoms with Crippen molar-refractivity contribution in [2.45, 2.75) is 38.8 Å². The average molecular weight is 438 g/mol. The Kier molecular flexibility index (Phi) is 11.3. The minimum Gasteiger partial charge on any atom is -0.337 e. The quantitative estimate of drug-likeness (QED) is 0.606. The molecule has 2 aromatic carbocycles. The Bertz CT molecular complexity index is 721. The van der Waals surface area contributed by atoms with Crippen molar-refractivity contribution in [3.8, 4) is 0 Å². The Morgan fingerprint density at radius 1 is 0.966 bits per heavy atom. The van der Waals surface area contributed by atoms with Crippen molar-refractivity contribution in [3.63, 3.8) is 0 Å². The van der Waals surface area contributed by atoms with Crippen molar-refractivity contribution in [1.82, 2.24) is 9.80 Å². The van der Waals surface area contributed by atoms with Gasteiger partial charge in [0.05, 0.1) is 0 Å². The molecule has 0 spiro atoms. The van der Waals surface area contributed by atoms with Crippen LogP contribution in [-0.4, -0.2) is 47.9 Å². The van der Waals surface area contributed by atoms with Crippen LogP contribution in [-0.2, 0) is 13.0 Å². The molecule has 29 heavy (non-hydrogen) atoms. The van der Waals surface area contributed by atoms with Gasteiger partial charge in [-0.05, 0) is 49.1 Å². The van der Waals surface area contributed by atoms with E-state index in [1.54, 1.807) is 0 Å². The third-order valence-corrected chi connectivity index (χ3v) is 5.26.